The Morgan fingerprint density at radius 1 is 0.945 bits per heavy atom. The lowest BCUT2D eigenvalue weighted by atomic mass is 9.32. The molecule has 9 unspecified atom stereocenters. The smallest absolute Gasteiger partial charge is 0.393 e. The van der Waals surface area contributed by atoms with Gasteiger partial charge in [0.1, 0.15) is 0 Å². The van der Waals surface area contributed by atoms with Crippen molar-refractivity contribution in [3.05, 3.63) is 117 Å². The standard InChI is InChI=1S/C45H51F3N2O4S/c1-29(30-9-5-4-6-10-30)49-39(53)50(23-17-34-13-8-24-55-34)28-43(54)20-16-37-41(43,3)19-15-36-40(2)18-14-33(51)26-42(40)21-22-44(36,37)35(27-42)38(52)31-11-7-12-32(25-31)45(46,47)48/h4-13,21-22,24-25,27,29,33,36-37,51,54H,14-20,23,26,28H2,1-3H3,(H,49,53). The minimum absolute atomic E-state index is 0.00546. The summed E-state index contributed by atoms with van der Waals surface area (Å²) in [6.07, 6.45) is 6.09. The first-order valence-electron chi connectivity index (χ1n) is 19.7. The van der Waals surface area contributed by atoms with Crippen molar-refractivity contribution in [2.24, 2.45) is 33.5 Å². The third kappa shape index (κ3) is 5.95. The summed E-state index contributed by atoms with van der Waals surface area (Å²) in [5.74, 6) is -0.653. The molecule has 55 heavy (non-hydrogen) atoms. The molecule has 0 aliphatic heterocycles. The van der Waals surface area contributed by atoms with Crippen LogP contribution in [-0.4, -0.2) is 51.7 Å². The maximum Gasteiger partial charge on any atom is 0.416 e. The second-order valence-electron chi connectivity index (χ2n) is 17.6. The van der Waals surface area contributed by atoms with E-state index in [1.807, 2.05) is 60.8 Å². The summed E-state index contributed by atoms with van der Waals surface area (Å²) in [5.41, 5.74) is -3.17. The molecule has 2 bridgehead atoms. The lowest BCUT2D eigenvalue weighted by Crippen LogP contribution is -2.67. The van der Waals surface area contributed by atoms with Crippen LogP contribution in [0.15, 0.2) is 95.9 Å². The number of hydrogen-bond acceptors (Lipinski definition) is 5. The summed E-state index contributed by atoms with van der Waals surface area (Å²) < 4.78 is 41.8. The van der Waals surface area contributed by atoms with Crippen molar-refractivity contribution >= 4 is 23.2 Å². The summed E-state index contributed by atoms with van der Waals surface area (Å²) in [4.78, 5) is 32.0. The summed E-state index contributed by atoms with van der Waals surface area (Å²) in [7, 11) is 0. The normalized spacial score (nSPS) is 35.3. The third-order valence-electron chi connectivity index (χ3n) is 15.0. The zero-order valence-electron chi connectivity index (χ0n) is 31.7. The van der Waals surface area contributed by atoms with Gasteiger partial charge < -0.3 is 20.4 Å². The number of aliphatic hydroxyl groups is 2. The minimum Gasteiger partial charge on any atom is -0.393 e. The average Bonchev–Trinajstić information content (AvgIpc) is 3.78. The van der Waals surface area contributed by atoms with Gasteiger partial charge in [-0.15, -0.1) is 11.3 Å². The molecule has 2 spiro atoms. The number of allylic oxidation sites excluding steroid dienone is 4. The fourth-order valence-corrected chi connectivity index (χ4v) is 12.7. The lowest BCUT2D eigenvalue weighted by molar-refractivity contribution is -0.174. The molecule has 6 aliphatic carbocycles. The van der Waals surface area contributed by atoms with Gasteiger partial charge >= 0.3 is 12.2 Å². The topological polar surface area (TPSA) is 89.9 Å². The number of urea groups is 1. The van der Waals surface area contributed by atoms with Crippen molar-refractivity contribution in [2.75, 3.05) is 13.1 Å². The number of carbonyl (C=O) groups excluding carboxylic acids is 2. The Labute approximate surface area is 325 Å². The fourth-order valence-electron chi connectivity index (χ4n) is 12.0. The summed E-state index contributed by atoms with van der Waals surface area (Å²) in [5, 5.41) is 29.3. The quantitative estimate of drug-likeness (QED) is 0.149. The Morgan fingerprint density at radius 3 is 2.40 bits per heavy atom. The first-order chi connectivity index (χ1) is 26.1. The highest BCUT2D eigenvalue weighted by Crippen LogP contribution is 2.78. The molecule has 10 heteroatoms. The van der Waals surface area contributed by atoms with E-state index < -0.39 is 45.5 Å². The van der Waals surface area contributed by atoms with E-state index in [9.17, 15) is 33.0 Å². The van der Waals surface area contributed by atoms with Gasteiger partial charge in [-0.2, -0.15) is 13.2 Å². The van der Waals surface area contributed by atoms with Crippen LogP contribution in [0.4, 0.5) is 18.0 Å². The van der Waals surface area contributed by atoms with Crippen molar-refractivity contribution < 1.29 is 33.0 Å². The van der Waals surface area contributed by atoms with Gasteiger partial charge in [-0.05, 0) is 105 Å². The largest absolute Gasteiger partial charge is 0.416 e. The molecular weight excluding hydrogens is 722 g/mol. The van der Waals surface area contributed by atoms with Gasteiger partial charge in [0, 0.05) is 38.8 Å². The molecule has 6 nitrogen and oxygen atoms in total. The van der Waals surface area contributed by atoms with E-state index in [-0.39, 0.29) is 41.4 Å². The number of nitrogens with zero attached hydrogens (tertiary/aromatic N) is 1. The maximum absolute atomic E-state index is 14.9. The average molecular weight is 773 g/mol. The predicted molar refractivity (Wildman–Crippen MR) is 207 cm³/mol. The number of nitrogens with one attached hydrogen (secondary N) is 1. The molecule has 9 atom stereocenters. The highest BCUT2D eigenvalue weighted by molar-refractivity contribution is 7.09. The molecule has 1 aromatic heterocycles. The number of carbonyl (C=O) groups is 2. The van der Waals surface area contributed by atoms with Crippen molar-refractivity contribution in [3.63, 3.8) is 0 Å². The molecule has 2 aromatic carbocycles. The highest BCUT2D eigenvalue weighted by Gasteiger charge is 2.74. The lowest BCUT2D eigenvalue weighted by Gasteiger charge is -2.71. The Balaban J connectivity index is 1.17. The van der Waals surface area contributed by atoms with Crippen LogP contribution < -0.4 is 5.32 Å². The predicted octanol–water partition coefficient (Wildman–Crippen LogP) is 9.56. The third-order valence-corrected chi connectivity index (χ3v) is 15.9. The van der Waals surface area contributed by atoms with Crippen LogP contribution in [0.2, 0.25) is 0 Å². The number of aliphatic hydroxyl groups excluding tert-OH is 1. The first kappa shape index (κ1) is 38.2. The second kappa shape index (κ2) is 13.4. The van der Waals surface area contributed by atoms with Crippen LogP contribution in [0.5, 0.6) is 0 Å². The van der Waals surface area contributed by atoms with Crippen LogP contribution in [0.25, 0.3) is 0 Å². The zero-order valence-corrected chi connectivity index (χ0v) is 32.6. The number of amides is 2. The van der Waals surface area contributed by atoms with Crippen molar-refractivity contribution in [1.82, 2.24) is 10.2 Å². The molecule has 0 saturated heterocycles. The van der Waals surface area contributed by atoms with Crippen LogP contribution in [0, 0.1) is 33.5 Å². The van der Waals surface area contributed by atoms with Crippen molar-refractivity contribution in [2.45, 2.75) is 96.1 Å². The van der Waals surface area contributed by atoms with E-state index >= 15 is 0 Å². The van der Waals surface area contributed by atoms with E-state index in [2.05, 4.69) is 31.3 Å². The Morgan fingerprint density at radius 2 is 1.67 bits per heavy atom. The number of fused-ring (bicyclic) bond motifs is 1. The number of benzene rings is 2. The maximum atomic E-state index is 14.9. The molecule has 1 heterocycles. The number of ketones is 1. The van der Waals surface area contributed by atoms with Gasteiger partial charge in [-0.1, -0.05) is 80.6 Å². The Kier molecular flexibility index (Phi) is 9.33. The summed E-state index contributed by atoms with van der Waals surface area (Å²) >= 11 is 1.63. The first-order valence-corrected chi connectivity index (χ1v) is 20.6. The molecule has 3 fully saturated rings. The van der Waals surface area contributed by atoms with E-state index in [0.717, 1.165) is 29.0 Å². The van der Waals surface area contributed by atoms with Crippen LogP contribution in [0.1, 0.15) is 98.1 Å². The van der Waals surface area contributed by atoms with Gasteiger partial charge in [0.15, 0.2) is 5.78 Å². The highest BCUT2D eigenvalue weighted by atomic mass is 32.1. The molecule has 2 amide bonds. The van der Waals surface area contributed by atoms with Gasteiger partial charge in [0.2, 0.25) is 0 Å². The molecule has 0 radical (unpaired) electrons. The monoisotopic (exact) mass is 772 g/mol. The van der Waals surface area contributed by atoms with Crippen LogP contribution in [-0.2, 0) is 12.6 Å². The number of hydrogen-bond donors (Lipinski definition) is 3. The molecule has 292 valence electrons. The van der Waals surface area contributed by atoms with Gasteiger partial charge in [0.25, 0.3) is 0 Å². The van der Waals surface area contributed by atoms with E-state index in [1.165, 1.54) is 12.1 Å². The molecule has 3 N–H and O–H groups in total. The molecule has 3 aromatic rings. The SMILES string of the molecule is CC(NC(=O)N(CCc1cccs1)CC1(O)CCC2C34C=CC5(C=C3C(=O)c3cccc(C(F)(F)F)c3)CC(O)CCC5(C)C4CCC21C)c1ccccc1. The summed E-state index contributed by atoms with van der Waals surface area (Å²) in [6, 6.07) is 18.0. The number of thiophene rings is 1. The van der Waals surface area contributed by atoms with Crippen LogP contribution in [0.3, 0.4) is 0 Å². The number of halogens is 3. The number of rotatable bonds is 9. The molecule has 3 saturated carbocycles. The minimum atomic E-state index is -4.60. The van der Waals surface area contributed by atoms with Crippen molar-refractivity contribution in [3.8, 4) is 0 Å². The van der Waals surface area contributed by atoms with E-state index in [4.69, 9.17) is 0 Å². The Hall–Kier alpha value is -3.73. The molecular formula is C45H51F3N2O4S. The summed E-state index contributed by atoms with van der Waals surface area (Å²) in [6.45, 7) is 6.86. The fraction of sp³-hybridized carbons (Fsp3) is 0.511. The van der Waals surface area contributed by atoms with Gasteiger partial charge in [0.05, 0.1) is 29.9 Å². The zero-order chi connectivity index (χ0) is 39.0. The number of alkyl halides is 3. The number of Topliss-reactive ketones (excluding diaryl/α,β-unsaturated/α-hetero) is 1. The molecule has 6 aliphatic rings. The van der Waals surface area contributed by atoms with Gasteiger partial charge in [-0.3, -0.25) is 4.79 Å². The Bertz CT molecular complexity index is 2020. The van der Waals surface area contributed by atoms with Crippen molar-refractivity contribution in [1.29, 1.82) is 0 Å². The van der Waals surface area contributed by atoms with E-state index in [0.29, 0.717) is 57.1 Å². The van der Waals surface area contributed by atoms with Crippen LogP contribution >= 0.6 is 11.3 Å². The molecule has 9 rings (SSSR count). The van der Waals surface area contributed by atoms with Gasteiger partial charge in [-0.25, -0.2) is 4.79 Å². The van der Waals surface area contributed by atoms with E-state index in [1.54, 1.807) is 16.2 Å². The second-order valence-corrected chi connectivity index (χ2v) is 18.6.